The Morgan fingerprint density at radius 1 is 1.33 bits per heavy atom. The summed E-state index contributed by atoms with van der Waals surface area (Å²) in [5.74, 6) is 0.959. The van der Waals surface area contributed by atoms with Crippen LogP contribution in [0.25, 0.3) is 11.0 Å². The molecule has 1 unspecified atom stereocenters. The molecule has 0 bridgehead atoms. The summed E-state index contributed by atoms with van der Waals surface area (Å²) in [6.45, 7) is 2.78. The van der Waals surface area contributed by atoms with Crippen LogP contribution in [0.3, 0.4) is 0 Å². The summed E-state index contributed by atoms with van der Waals surface area (Å²) in [5.41, 5.74) is 3.54. The number of hydrogen-bond acceptors (Lipinski definition) is 4. The number of benzene rings is 2. The number of thioether (sulfide) groups is 1. The highest BCUT2D eigenvalue weighted by Gasteiger charge is 2.22. The van der Waals surface area contributed by atoms with Gasteiger partial charge in [0.1, 0.15) is 5.52 Å². The maximum atomic E-state index is 12.7. The Hall–Kier alpha value is -2.34. The fourth-order valence-electron chi connectivity index (χ4n) is 3.08. The largest absolute Gasteiger partial charge is 0.345 e. The summed E-state index contributed by atoms with van der Waals surface area (Å²) < 4.78 is 1.83. The summed E-state index contributed by atoms with van der Waals surface area (Å²) in [4.78, 5) is 13.9. The van der Waals surface area contributed by atoms with Crippen LogP contribution in [0, 0.1) is 0 Å². The van der Waals surface area contributed by atoms with Crippen LogP contribution in [-0.2, 0) is 6.54 Å². The van der Waals surface area contributed by atoms with Gasteiger partial charge in [-0.1, -0.05) is 23.4 Å². The van der Waals surface area contributed by atoms with Crippen molar-refractivity contribution in [3.8, 4) is 0 Å². The molecule has 4 rings (SSSR count). The molecule has 0 radical (unpaired) electrons. The fourth-order valence-corrected chi connectivity index (χ4v) is 4.21. The molecule has 2 heterocycles. The Labute approximate surface area is 144 Å². The molecule has 5 nitrogen and oxygen atoms in total. The molecule has 1 aliphatic rings. The van der Waals surface area contributed by atoms with E-state index in [9.17, 15) is 4.79 Å². The van der Waals surface area contributed by atoms with Crippen molar-refractivity contribution in [1.29, 1.82) is 0 Å². The van der Waals surface area contributed by atoms with E-state index in [1.807, 2.05) is 53.7 Å². The second-order valence-electron chi connectivity index (χ2n) is 5.81. The van der Waals surface area contributed by atoms with Crippen LogP contribution in [0.5, 0.6) is 0 Å². The van der Waals surface area contributed by atoms with Gasteiger partial charge in [0.05, 0.1) is 11.6 Å². The number of carbonyl (C=O) groups is 1. The monoisotopic (exact) mass is 338 g/mol. The lowest BCUT2D eigenvalue weighted by Crippen LogP contribution is -2.30. The minimum atomic E-state index is -0.0605. The molecule has 122 valence electrons. The number of aromatic nitrogens is 3. The Morgan fingerprint density at radius 2 is 2.21 bits per heavy atom. The van der Waals surface area contributed by atoms with Crippen molar-refractivity contribution in [2.75, 3.05) is 5.75 Å². The minimum Gasteiger partial charge on any atom is -0.345 e. The highest BCUT2D eigenvalue weighted by atomic mass is 32.2. The van der Waals surface area contributed by atoms with Crippen LogP contribution >= 0.6 is 11.8 Å². The number of nitrogens with zero attached hydrogens (tertiary/aromatic N) is 3. The van der Waals surface area contributed by atoms with Gasteiger partial charge in [-0.25, -0.2) is 4.68 Å². The number of carbonyl (C=O) groups excluding carboxylic acids is 1. The van der Waals surface area contributed by atoms with Gasteiger partial charge in [0.2, 0.25) is 0 Å². The van der Waals surface area contributed by atoms with E-state index in [2.05, 4.69) is 27.8 Å². The second-order valence-corrected chi connectivity index (χ2v) is 6.95. The zero-order valence-electron chi connectivity index (χ0n) is 13.4. The van der Waals surface area contributed by atoms with Crippen LogP contribution in [-0.4, -0.2) is 26.7 Å². The highest BCUT2D eigenvalue weighted by molar-refractivity contribution is 7.99. The van der Waals surface area contributed by atoms with Gasteiger partial charge in [-0.15, -0.1) is 16.9 Å². The molecule has 1 N–H and O–H groups in total. The van der Waals surface area contributed by atoms with Crippen LogP contribution in [0.4, 0.5) is 0 Å². The van der Waals surface area contributed by atoms with E-state index in [0.717, 1.165) is 29.8 Å². The summed E-state index contributed by atoms with van der Waals surface area (Å²) in [6.07, 6.45) is 0.946. The predicted octanol–water partition coefficient (Wildman–Crippen LogP) is 3.42. The van der Waals surface area contributed by atoms with Gasteiger partial charge >= 0.3 is 0 Å². The Morgan fingerprint density at radius 3 is 3.08 bits per heavy atom. The van der Waals surface area contributed by atoms with Crippen molar-refractivity contribution in [3.63, 3.8) is 0 Å². The second kappa shape index (κ2) is 6.28. The van der Waals surface area contributed by atoms with Crippen LogP contribution in [0.2, 0.25) is 0 Å². The van der Waals surface area contributed by atoms with E-state index in [0.29, 0.717) is 5.56 Å². The first-order chi connectivity index (χ1) is 11.8. The third kappa shape index (κ3) is 2.67. The average molecular weight is 338 g/mol. The molecule has 1 aliphatic heterocycles. The molecule has 0 saturated heterocycles. The van der Waals surface area contributed by atoms with Crippen LogP contribution in [0.1, 0.15) is 35.3 Å². The predicted molar refractivity (Wildman–Crippen MR) is 95.2 cm³/mol. The topological polar surface area (TPSA) is 59.8 Å². The van der Waals surface area contributed by atoms with Crippen molar-refractivity contribution < 1.29 is 4.79 Å². The zero-order valence-corrected chi connectivity index (χ0v) is 14.2. The summed E-state index contributed by atoms with van der Waals surface area (Å²) in [5, 5.41) is 11.4. The SMILES string of the molecule is CCn1nnc2cc(C(=O)NC3CCSc4ccccc43)ccc21. The lowest BCUT2D eigenvalue weighted by molar-refractivity contribution is 0.0935. The lowest BCUT2D eigenvalue weighted by Gasteiger charge is -2.25. The molecule has 0 spiro atoms. The molecule has 0 fully saturated rings. The van der Waals surface area contributed by atoms with E-state index in [1.165, 1.54) is 10.5 Å². The molecule has 2 aromatic carbocycles. The Kier molecular flexibility index (Phi) is 3.98. The van der Waals surface area contributed by atoms with E-state index in [1.54, 1.807) is 0 Å². The van der Waals surface area contributed by atoms with Crippen molar-refractivity contribution in [3.05, 3.63) is 53.6 Å². The molecule has 0 saturated carbocycles. The summed E-state index contributed by atoms with van der Waals surface area (Å²) in [6, 6.07) is 13.9. The number of nitrogens with one attached hydrogen (secondary N) is 1. The number of fused-ring (bicyclic) bond motifs is 2. The van der Waals surface area contributed by atoms with Gasteiger partial charge in [0.25, 0.3) is 5.91 Å². The molecule has 1 atom stereocenters. The molecule has 3 aromatic rings. The Bertz CT molecular complexity index is 905. The number of aryl methyl sites for hydroxylation is 1. The fraction of sp³-hybridized carbons (Fsp3) is 0.278. The van der Waals surface area contributed by atoms with Crippen molar-refractivity contribution in [1.82, 2.24) is 20.3 Å². The molecule has 24 heavy (non-hydrogen) atoms. The van der Waals surface area contributed by atoms with Gasteiger partial charge in [-0.3, -0.25) is 4.79 Å². The van der Waals surface area contributed by atoms with Gasteiger partial charge < -0.3 is 5.32 Å². The van der Waals surface area contributed by atoms with Crippen LogP contribution in [0.15, 0.2) is 47.4 Å². The summed E-state index contributed by atoms with van der Waals surface area (Å²) >= 11 is 1.85. The number of amides is 1. The molecular formula is C18H18N4OS. The molecule has 6 heteroatoms. The summed E-state index contributed by atoms with van der Waals surface area (Å²) in [7, 11) is 0. The van der Waals surface area contributed by atoms with Gasteiger partial charge in [0, 0.05) is 22.8 Å². The van der Waals surface area contributed by atoms with Gasteiger partial charge in [0.15, 0.2) is 0 Å². The van der Waals surface area contributed by atoms with E-state index in [-0.39, 0.29) is 11.9 Å². The number of rotatable bonds is 3. The van der Waals surface area contributed by atoms with E-state index in [4.69, 9.17) is 0 Å². The Balaban J connectivity index is 1.59. The minimum absolute atomic E-state index is 0.0605. The van der Waals surface area contributed by atoms with Gasteiger partial charge in [-0.05, 0) is 43.2 Å². The normalized spacial score (nSPS) is 16.8. The standard InChI is InChI=1S/C18H18N4OS/c1-2-22-16-8-7-12(11-15(16)20-21-22)18(23)19-14-9-10-24-17-6-4-3-5-13(14)17/h3-8,11,14H,2,9-10H2,1H3,(H,19,23). The lowest BCUT2D eigenvalue weighted by atomic mass is 10.0. The van der Waals surface area contributed by atoms with Crippen molar-refractivity contribution in [2.45, 2.75) is 30.8 Å². The molecule has 1 aromatic heterocycles. The van der Waals surface area contributed by atoms with E-state index < -0.39 is 0 Å². The highest BCUT2D eigenvalue weighted by Crippen LogP contribution is 2.35. The first-order valence-electron chi connectivity index (χ1n) is 8.12. The molecule has 1 amide bonds. The maximum absolute atomic E-state index is 12.7. The van der Waals surface area contributed by atoms with E-state index >= 15 is 0 Å². The first kappa shape index (κ1) is 15.2. The number of hydrogen-bond donors (Lipinski definition) is 1. The third-order valence-corrected chi connectivity index (χ3v) is 5.46. The quantitative estimate of drug-likeness (QED) is 0.795. The zero-order chi connectivity index (χ0) is 16.5. The molecular weight excluding hydrogens is 320 g/mol. The molecule has 0 aliphatic carbocycles. The average Bonchev–Trinajstić information content (AvgIpc) is 3.04. The first-order valence-corrected chi connectivity index (χ1v) is 9.10. The van der Waals surface area contributed by atoms with Crippen LogP contribution < -0.4 is 5.32 Å². The van der Waals surface area contributed by atoms with Gasteiger partial charge in [-0.2, -0.15) is 0 Å². The van der Waals surface area contributed by atoms with Crippen molar-refractivity contribution in [2.24, 2.45) is 0 Å². The smallest absolute Gasteiger partial charge is 0.251 e. The van der Waals surface area contributed by atoms with Crippen molar-refractivity contribution >= 4 is 28.7 Å². The maximum Gasteiger partial charge on any atom is 0.251 e. The third-order valence-electron chi connectivity index (χ3n) is 4.34.